The second kappa shape index (κ2) is 11.5. The zero-order chi connectivity index (χ0) is 23.8. The van der Waals surface area contributed by atoms with Crippen molar-refractivity contribution in [3.63, 3.8) is 0 Å². The van der Waals surface area contributed by atoms with Gasteiger partial charge in [0.05, 0.1) is 35.4 Å². The lowest BCUT2D eigenvalue weighted by molar-refractivity contribution is 0.0531. The number of nitrogens with two attached hydrogens (primary N) is 2. The molecule has 1 heterocycles. The molecule has 2 atom stereocenters. The van der Waals surface area contributed by atoms with Crippen LogP contribution in [0.25, 0.3) is 5.70 Å². The first kappa shape index (κ1) is 24.3. The first-order valence-corrected chi connectivity index (χ1v) is 11.2. The van der Waals surface area contributed by atoms with Crippen molar-refractivity contribution in [2.45, 2.75) is 51.4 Å². The Hall–Kier alpha value is -3.30. The van der Waals surface area contributed by atoms with Crippen molar-refractivity contribution in [2.75, 3.05) is 13.6 Å². The molecule has 1 aromatic carbocycles. The Morgan fingerprint density at radius 2 is 1.97 bits per heavy atom. The maximum absolute atomic E-state index is 12.2. The monoisotopic (exact) mass is 454 g/mol. The molecule has 1 aliphatic rings. The Bertz CT molecular complexity index is 964. The molecule has 0 radical (unpaired) electrons. The zero-order valence-corrected chi connectivity index (χ0v) is 19.3. The predicted molar refractivity (Wildman–Crippen MR) is 128 cm³/mol. The molecule has 0 bridgehead atoms. The number of benzene rings is 1. The third kappa shape index (κ3) is 7.10. The molecule has 7 N–H and O–H groups in total. The van der Waals surface area contributed by atoms with Crippen molar-refractivity contribution in [1.29, 1.82) is 0 Å². The van der Waals surface area contributed by atoms with Gasteiger partial charge in [0.1, 0.15) is 11.9 Å². The van der Waals surface area contributed by atoms with Crippen LogP contribution in [0.1, 0.15) is 42.6 Å². The molecule has 2 aromatic rings. The number of hydrogen-bond donors (Lipinski definition) is 5. The molecule has 33 heavy (non-hydrogen) atoms. The van der Waals surface area contributed by atoms with Crippen LogP contribution in [-0.4, -0.2) is 46.9 Å². The van der Waals surface area contributed by atoms with Gasteiger partial charge in [0, 0.05) is 20.0 Å². The molecule has 0 aliphatic heterocycles. The highest BCUT2D eigenvalue weighted by Gasteiger charge is 2.22. The Kier molecular flexibility index (Phi) is 8.51. The third-order valence-electron chi connectivity index (χ3n) is 5.65. The smallest absolute Gasteiger partial charge is 0.315 e. The van der Waals surface area contributed by atoms with Crippen LogP contribution in [-0.2, 0) is 6.54 Å². The van der Waals surface area contributed by atoms with Gasteiger partial charge < -0.3 is 31.2 Å². The van der Waals surface area contributed by atoms with Crippen LogP contribution in [0.4, 0.5) is 4.79 Å². The number of hydrogen-bond acceptors (Lipinski definition) is 7. The van der Waals surface area contributed by atoms with Crippen LogP contribution in [0.5, 0.6) is 5.75 Å². The van der Waals surface area contributed by atoms with Crippen LogP contribution in [0, 0.1) is 6.92 Å². The quantitative estimate of drug-likeness (QED) is 0.304. The lowest BCUT2D eigenvalue weighted by atomic mass is 9.95. The first-order valence-electron chi connectivity index (χ1n) is 11.2. The number of nitrogens with zero attached hydrogens (tertiary/aromatic N) is 2. The number of amides is 2. The van der Waals surface area contributed by atoms with Gasteiger partial charge in [-0.15, -0.1) is 0 Å². The maximum Gasteiger partial charge on any atom is 0.315 e. The molecule has 2 amide bonds. The van der Waals surface area contributed by atoms with E-state index in [0.29, 0.717) is 41.5 Å². The minimum absolute atomic E-state index is 0.0164. The van der Waals surface area contributed by atoms with Gasteiger partial charge in [-0.05, 0) is 43.9 Å². The van der Waals surface area contributed by atoms with Crippen LogP contribution < -0.4 is 26.9 Å². The number of urea groups is 1. The fourth-order valence-corrected chi connectivity index (χ4v) is 3.79. The lowest BCUT2D eigenvalue weighted by Gasteiger charge is -2.27. The summed E-state index contributed by atoms with van der Waals surface area (Å²) < 4.78 is 6.06. The minimum atomic E-state index is -0.325. The van der Waals surface area contributed by atoms with Crippen LogP contribution >= 0.6 is 0 Å². The van der Waals surface area contributed by atoms with E-state index in [4.69, 9.17) is 16.3 Å². The Labute approximate surface area is 194 Å². The lowest BCUT2D eigenvalue weighted by Crippen LogP contribution is -2.40. The van der Waals surface area contributed by atoms with Gasteiger partial charge in [-0.25, -0.2) is 15.6 Å². The SMILES string of the molecule is Cc1nc(/C(N)=C(\CNC(=O)NCc2ccccc2)N(C)N)ccc1OC1CCCC(O)C1. The summed E-state index contributed by atoms with van der Waals surface area (Å²) >= 11 is 0. The number of pyridine rings is 1. The van der Waals surface area contributed by atoms with Gasteiger partial charge >= 0.3 is 6.03 Å². The number of aliphatic hydroxyl groups excluding tert-OH is 1. The van der Waals surface area contributed by atoms with E-state index in [1.165, 1.54) is 5.01 Å². The molecule has 9 heteroatoms. The van der Waals surface area contributed by atoms with Gasteiger partial charge in [-0.1, -0.05) is 30.3 Å². The predicted octanol–water partition coefficient (Wildman–Crippen LogP) is 2.00. The van der Waals surface area contributed by atoms with E-state index in [1.54, 1.807) is 13.1 Å². The number of hydrazine groups is 1. The molecule has 1 aromatic heterocycles. The number of carbonyl (C=O) groups excluding carboxylic acids is 1. The van der Waals surface area contributed by atoms with Crippen molar-refractivity contribution >= 4 is 11.7 Å². The molecule has 1 fully saturated rings. The molecule has 1 saturated carbocycles. The molecule has 0 spiro atoms. The number of aromatic nitrogens is 1. The summed E-state index contributed by atoms with van der Waals surface area (Å²) in [5.41, 5.74) is 9.50. The largest absolute Gasteiger partial charge is 0.488 e. The van der Waals surface area contributed by atoms with E-state index >= 15 is 0 Å². The van der Waals surface area contributed by atoms with Crippen molar-refractivity contribution < 1.29 is 14.6 Å². The van der Waals surface area contributed by atoms with Crippen molar-refractivity contribution in [3.05, 3.63) is 65.1 Å². The van der Waals surface area contributed by atoms with E-state index in [9.17, 15) is 9.90 Å². The number of nitrogens with one attached hydrogen (secondary N) is 2. The highest BCUT2D eigenvalue weighted by atomic mass is 16.5. The second-order valence-electron chi connectivity index (χ2n) is 8.33. The second-order valence-corrected chi connectivity index (χ2v) is 8.33. The molecular weight excluding hydrogens is 420 g/mol. The van der Waals surface area contributed by atoms with Gasteiger partial charge in [-0.3, -0.25) is 0 Å². The normalized spacial score (nSPS) is 18.8. The number of ether oxygens (including phenoxy) is 1. The molecule has 3 rings (SSSR count). The molecule has 178 valence electrons. The summed E-state index contributed by atoms with van der Waals surface area (Å²) in [6.45, 7) is 2.41. The van der Waals surface area contributed by atoms with Crippen LogP contribution in [0.2, 0.25) is 0 Å². The highest BCUT2D eigenvalue weighted by molar-refractivity contribution is 5.75. The topological polar surface area (TPSA) is 139 Å². The summed E-state index contributed by atoms with van der Waals surface area (Å²) in [4.78, 5) is 16.8. The highest BCUT2D eigenvalue weighted by Crippen LogP contribution is 2.26. The zero-order valence-electron chi connectivity index (χ0n) is 19.3. The minimum Gasteiger partial charge on any atom is -0.488 e. The molecular formula is C24H34N6O3. The molecule has 0 saturated heterocycles. The van der Waals surface area contributed by atoms with E-state index in [0.717, 1.165) is 24.8 Å². The van der Waals surface area contributed by atoms with Crippen molar-refractivity contribution in [1.82, 2.24) is 20.6 Å². The summed E-state index contributed by atoms with van der Waals surface area (Å²) in [5, 5.41) is 16.8. The fourth-order valence-electron chi connectivity index (χ4n) is 3.79. The number of aliphatic hydroxyl groups is 1. The van der Waals surface area contributed by atoms with Gasteiger partial charge in [-0.2, -0.15) is 0 Å². The fraction of sp³-hybridized carbons (Fsp3) is 0.417. The number of aryl methyl sites for hydroxylation is 1. The standard InChI is InChI=1S/C24H34N6O3/c1-16-22(33-19-10-6-9-18(31)13-19)12-11-20(29-16)23(25)21(30(2)26)15-28-24(32)27-14-17-7-4-3-5-8-17/h3-5,7-8,11-12,18-19,31H,6,9-10,13-15,25-26H2,1-2H3,(H2,27,28,32)/b23-21-. The average Bonchev–Trinajstić information content (AvgIpc) is 2.79. The molecule has 1 aliphatic carbocycles. The first-order chi connectivity index (χ1) is 15.8. The number of rotatable bonds is 8. The molecule has 9 nitrogen and oxygen atoms in total. The Morgan fingerprint density at radius 1 is 1.21 bits per heavy atom. The maximum atomic E-state index is 12.2. The Balaban J connectivity index is 1.63. The van der Waals surface area contributed by atoms with Crippen LogP contribution in [0.3, 0.4) is 0 Å². The average molecular weight is 455 g/mol. The van der Waals surface area contributed by atoms with Crippen LogP contribution in [0.15, 0.2) is 48.2 Å². The molecule has 2 unspecified atom stereocenters. The van der Waals surface area contributed by atoms with E-state index in [1.807, 2.05) is 43.3 Å². The van der Waals surface area contributed by atoms with E-state index in [2.05, 4.69) is 15.6 Å². The summed E-state index contributed by atoms with van der Waals surface area (Å²) in [6, 6.07) is 12.9. The van der Waals surface area contributed by atoms with E-state index < -0.39 is 0 Å². The summed E-state index contributed by atoms with van der Waals surface area (Å²) in [5.74, 6) is 6.65. The van der Waals surface area contributed by atoms with Crippen molar-refractivity contribution in [3.8, 4) is 5.75 Å². The third-order valence-corrected chi connectivity index (χ3v) is 5.65. The van der Waals surface area contributed by atoms with E-state index in [-0.39, 0.29) is 24.8 Å². The summed E-state index contributed by atoms with van der Waals surface area (Å²) in [6.07, 6.45) is 2.99. The number of carbonyl (C=O) groups is 1. The van der Waals surface area contributed by atoms with Gasteiger partial charge in [0.25, 0.3) is 0 Å². The van der Waals surface area contributed by atoms with Gasteiger partial charge in [0.2, 0.25) is 0 Å². The Morgan fingerprint density at radius 3 is 2.64 bits per heavy atom. The van der Waals surface area contributed by atoms with Gasteiger partial charge in [0.15, 0.2) is 0 Å². The number of likely N-dealkylation sites (N-methyl/N-ethyl adjacent to an activating group) is 1. The van der Waals surface area contributed by atoms with Crippen molar-refractivity contribution in [2.24, 2.45) is 11.6 Å². The summed E-state index contributed by atoms with van der Waals surface area (Å²) in [7, 11) is 1.66.